The molecule has 0 amide bonds. The Kier molecular flexibility index (Phi) is 6.85. The first kappa shape index (κ1) is 24.4. The van der Waals surface area contributed by atoms with Crippen LogP contribution in [0.4, 0.5) is 0 Å². The summed E-state index contributed by atoms with van der Waals surface area (Å²) >= 11 is 6.42. The van der Waals surface area contributed by atoms with Crippen LogP contribution in [0.2, 0.25) is 5.02 Å². The standard InChI is InChI=1S/C25H26ClNO6S/c1-4-15(3)23(27-34(30,31)16-10-8-14(2)9-11-16)25(29)33-22-13-21-19(12-20(22)26)17-6-5-7-18(17)24(28)32-21/h8-13,15,23,27H,4-7H2,1-3H3/t15-,23+/m1/s1. The van der Waals surface area contributed by atoms with Gasteiger partial charge in [0, 0.05) is 17.0 Å². The number of hydrogen-bond acceptors (Lipinski definition) is 6. The summed E-state index contributed by atoms with van der Waals surface area (Å²) in [7, 11) is -3.97. The monoisotopic (exact) mass is 503 g/mol. The van der Waals surface area contributed by atoms with Crippen LogP contribution >= 0.6 is 11.6 Å². The van der Waals surface area contributed by atoms with Crippen LogP contribution in [0.15, 0.2) is 50.5 Å². The van der Waals surface area contributed by atoms with Crippen LogP contribution < -0.4 is 15.1 Å². The molecule has 34 heavy (non-hydrogen) atoms. The number of carbonyl (C=O) groups is 1. The lowest BCUT2D eigenvalue weighted by Crippen LogP contribution is -2.46. The number of ether oxygens (including phenoxy) is 1. The van der Waals surface area contributed by atoms with Gasteiger partial charge in [0.2, 0.25) is 10.0 Å². The van der Waals surface area contributed by atoms with Crippen LogP contribution in [0.25, 0.3) is 11.0 Å². The van der Waals surface area contributed by atoms with Gasteiger partial charge in [0.15, 0.2) is 5.75 Å². The SMILES string of the molecule is CC[C@@H](C)[C@H](NS(=O)(=O)c1ccc(C)cc1)C(=O)Oc1cc2oc(=O)c3c(c2cc1Cl)CCC3. The van der Waals surface area contributed by atoms with Gasteiger partial charge in [-0.2, -0.15) is 4.72 Å². The Hall–Kier alpha value is -2.68. The minimum absolute atomic E-state index is 0.00287. The highest BCUT2D eigenvalue weighted by molar-refractivity contribution is 7.89. The lowest BCUT2D eigenvalue weighted by atomic mass is 10.0. The Morgan fingerprint density at radius 2 is 1.85 bits per heavy atom. The predicted octanol–water partition coefficient (Wildman–Crippen LogP) is 4.54. The second kappa shape index (κ2) is 9.52. The van der Waals surface area contributed by atoms with E-state index < -0.39 is 27.7 Å². The molecular formula is C25H26ClNO6S. The molecule has 0 fully saturated rings. The van der Waals surface area contributed by atoms with Crippen molar-refractivity contribution in [1.82, 2.24) is 4.72 Å². The third-order valence-electron chi connectivity index (χ3n) is 6.32. The number of esters is 1. The number of nitrogens with one attached hydrogen (secondary N) is 1. The molecule has 3 aromatic rings. The van der Waals surface area contributed by atoms with Crippen molar-refractivity contribution in [3.63, 3.8) is 0 Å². The van der Waals surface area contributed by atoms with Gasteiger partial charge in [0.1, 0.15) is 11.6 Å². The maximum absolute atomic E-state index is 13.1. The predicted molar refractivity (Wildman–Crippen MR) is 130 cm³/mol. The summed E-state index contributed by atoms with van der Waals surface area (Å²) in [6.07, 6.45) is 2.82. The normalized spacial score (nSPS) is 15.2. The number of fused-ring (bicyclic) bond motifs is 3. The molecule has 1 N–H and O–H groups in total. The van der Waals surface area contributed by atoms with Crippen LogP contribution in [0.1, 0.15) is 43.4 Å². The van der Waals surface area contributed by atoms with E-state index in [1.165, 1.54) is 18.2 Å². The molecule has 0 bridgehead atoms. The van der Waals surface area contributed by atoms with E-state index in [0.717, 1.165) is 29.4 Å². The summed E-state index contributed by atoms with van der Waals surface area (Å²) < 4.78 is 39.3. The molecule has 0 unspecified atom stereocenters. The second-order valence-corrected chi connectivity index (χ2v) is 10.8. The summed E-state index contributed by atoms with van der Waals surface area (Å²) in [4.78, 5) is 25.5. The highest BCUT2D eigenvalue weighted by Crippen LogP contribution is 2.35. The molecule has 1 aliphatic rings. The molecule has 0 radical (unpaired) electrons. The molecule has 0 saturated heterocycles. The minimum atomic E-state index is -3.97. The second-order valence-electron chi connectivity index (χ2n) is 8.70. The Morgan fingerprint density at radius 1 is 1.18 bits per heavy atom. The number of aryl methyl sites for hydroxylation is 2. The van der Waals surface area contributed by atoms with Gasteiger partial charge in [-0.1, -0.05) is 49.6 Å². The van der Waals surface area contributed by atoms with Gasteiger partial charge in [-0.15, -0.1) is 0 Å². The van der Waals surface area contributed by atoms with Crippen molar-refractivity contribution in [3.05, 3.63) is 68.5 Å². The first-order valence-corrected chi connectivity index (χ1v) is 13.1. The van der Waals surface area contributed by atoms with Gasteiger partial charge in [0.25, 0.3) is 0 Å². The van der Waals surface area contributed by atoms with E-state index in [2.05, 4.69) is 4.72 Å². The zero-order chi connectivity index (χ0) is 24.6. The van der Waals surface area contributed by atoms with E-state index in [1.54, 1.807) is 25.1 Å². The van der Waals surface area contributed by atoms with Gasteiger partial charge < -0.3 is 9.15 Å². The van der Waals surface area contributed by atoms with E-state index in [1.807, 2.05) is 13.8 Å². The molecular weight excluding hydrogens is 478 g/mol. The Balaban J connectivity index is 1.64. The average molecular weight is 504 g/mol. The molecule has 0 spiro atoms. The van der Waals surface area contributed by atoms with Gasteiger partial charge in [-0.3, -0.25) is 0 Å². The molecule has 0 aliphatic heterocycles. The Labute approximate surface area is 203 Å². The van der Waals surface area contributed by atoms with E-state index in [9.17, 15) is 18.0 Å². The quantitative estimate of drug-likeness (QED) is 0.288. The first-order chi connectivity index (χ1) is 16.1. The number of rotatable bonds is 7. The van der Waals surface area contributed by atoms with Crippen molar-refractivity contribution < 1.29 is 22.4 Å². The van der Waals surface area contributed by atoms with Gasteiger partial charge in [-0.25, -0.2) is 18.0 Å². The fourth-order valence-corrected chi connectivity index (χ4v) is 5.61. The maximum atomic E-state index is 13.1. The van der Waals surface area contributed by atoms with E-state index >= 15 is 0 Å². The molecule has 2 atom stereocenters. The topological polar surface area (TPSA) is 103 Å². The molecule has 2 aromatic carbocycles. The number of sulfonamides is 1. The van der Waals surface area contributed by atoms with Crippen LogP contribution in [-0.2, 0) is 27.7 Å². The van der Waals surface area contributed by atoms with Gasteiger partial charge in [0.05, 0.1) is 9.92 Å². The van der Waals surface area contributed by atoms with Crippen molar-refractivity contribution in [1.29, 1.82) is 0 Å². The molecule has 1 heterocycles. The Morgan fingerprint density at radius 3 is 2.53 bits per heavy atom. The van der Waals surface area contributed by atoms with Gasteiger partial charge in [-0.05, 0) is 55.9 Å². The molecule has 9 heteroatoms. The highest BCUT2D eigenvalue weighted by Gasteiger charge is 2.32. The summed E-state index contributed by atoms with van der Waals surface area (Å²) in [5.74, 6) is -1.15. The van der Waals surface area contributed by atoms with E-state index in [-0.39, 0.29) is 27.2 Å². The lowest BCUT2D eigenvalue weighted by Gasteiger charge is -2.23. The largest absolute Gasteiger partial charge is 0.424 e. The summed E-state index contributed by atoms with van der Waals surface area (Å²) in [5, 5.41) is 0.892. The Bertz CT molecular complexity index is 1410. The third-order valence-corrected chi connectivity index (χ3v) is 8.07. The lowest BCUT2D eigenvalue weighted by molar-refractivity contribution is -0.137. The fraction of sp³-hybridized carbons (Fsp3) is 0.360. The fourth-order valence-electron chi connectivity index (χ4n) is 4.12. The van der Waals surface area contributed by atoms with Crippen molar-refractivity contribution in [2.75, 3.05) is 0 Å². The van der Waals surface area contributed by atoms with Crippen molar-refractivity contribution >= 4 is 38.6 Å². The highest BCUT2D eigenvalue weighted by atomic mass is 35.5. The molecule has 7 nitrogen and oxygen atoms in total. The van der Waals surface area contributed by atoms with Crippen LogP contribution in [-0.4, -0.2) is 20.4 Å². The number of halogens is 1. The van der Waals surface area contributed by atoms with Gasteiger partial charge >= 0.3 is 11.6 Å². The third kappa shape index (κ3) is 4.76. The van der Waals surface area contributed by atoms with Crippen LogP contribution in [0.3, 0.4) is 0 Å². The molecule has 180 valence electrons. The van der Waals surface area contributed by atoms with E-state index in [4.69, 9.17) is 20.8 Å². The van der Waals surface area contributed by atoms with Crippen molar-refractivity contribution in [2.24, 2.45) is 5.92 Å². The van der Waals surface area contributed by atoms with Crippen LogP contribution in [0.5, 0.6) is 5.75 Å². The zero-order valence-electron chi connectivity index (χ0n) is 19.2. The average Bonchev–Trinajstić information content (AvgIpc) is 3.29. The smallest absolute Gasteiger partial charge is 0.339 e. The number of benzene rings is 2. The first-order valence-electron chi connectivity index (χ1n) is 11.2. The van der Waals surface area contributed by atoms with Crippen molar-refractivity contribution in [3.8, 4) is 5.75 Å². The summed E-state index contributed by atoms with van der Waals surface area (Å²) in [5.41, 5.74) is 2.37. The van der Waals surface area contributed by atoms with Crippen molar-refractivity contribution in [2.45, 2.75) is 57.4 Å². The zero-order valence-corrected chi connectivity index (χ0v) is 20.8. The molecule has 0 saturated carbocycles. The molecule has 4 rings (SSSR count). The summed E-state index contributed by atoms with van der Waals surface area (Å²) in [6, 6.07) is 8.23. The number of hydrogen-bond donors (Lipinski definition) is 1. The van der Waals surface area contributed by atoms with Crippen LogP contribution in [0, 0.1) is 12.8 Å². The summed E-state index contributed by atoms with van der Waals surface area (Å²) in [6.45, 7) is 5.46. The van der Waals surface area contributed by atoms with E-state index in [0.29, 0.717) is 18.4 Å². The number of carbonyl (C=O) groups excluding carboxylic acids is 1. The minimum Gasteiger partial charge on any atom is -0.424 e. The maximum Gasteiger partial charge on any atom is 0.339 e. The molecule has 1 aromatic heterocycles. The molecule has 1 aliphatic carbocycles.